The van der Waals surface area contributed by atoms with Crippen LogP contribution in [0.1, 0.15) is 0 Å². The molecule has 0 radical (unpaired) electrons. The lowest BCUT2D eigenvalue weighted by atomic mass is 10.3. The molecule has 18 heavy (non-hydrogen) atoms. The Morgan fingerprint density at radius 2 is 1.72 bits per heavy atom. The van der Waals surface area contributed by atoms with Crippen LogP contribution >= 0.6 is 24.3 Å². The average Bonchev–Trinajstić information content (AvgIpc) is 2.41. The zero-order valence-electron chi connectivity index (χ0n) is 9.10. The molecule has 0 bridgehead atoms. The first-order valence-corrected chi connectivity index (χ1v) is 6.41. The molecule has 0 heterocycles. The zero-order valence-corrected chi connectivity index (χ0v) is 10.7. The highest BCUT2D eigenvalue weighted by Crippen LogP contribution is 2.37. The monoisotopic (exact) mass is 285 g/mol. The minimum atomic E-state index is 0.00425. The number of anilines is 1. The highest BCUT2D eigenvalue weighted by Gasteiger charge is 2.09. The van der Waals surface area contributed by atoms with Crippen molar-refractivity contribution >= 4 is 30.0 Å². The summed E-state index contributed by atoms with van der Waals surface area (Å²) in [6, 6.07) is 11.3. The van der Waals surface area contributed by atoms with Crippen molar-refractivity contribution in [2.24, 2.45) is 0 Å². The Bertz CT molecular complexity index is 551. The third-order valence-corrected chi connectivity index (χ3v) is 3.14. The van der Waals surface area contributed by atoms with Crippen LogP contribution in [-0.2, 0) is 0 Å². The van der Waals surface area contributed by atoms with Gasteiger partial charge in [-0.2, -0.15) is 7.77 Å². The molecule has 0 unspecified atom stereocenters. The lowest BCUT2D eigenvalue weighted by Gasteiger charge is -2.10. The van der Waals surface area contributed by atoms with Crippen molar-refractivity contribution in [1.29, 1.82) is 0 Å². The first-order chi connectivity index (χ1) is 8.74. The van der Waals surface area contributed by atoms with E-state index in [1.807, 2.05) is 0 Å². The second-order valence-corrected chi connectivity index (χ2v) is 4.62. The molecule has 0 aliphatic rings. The Balaban J connectivity index is 2.32. The SMILES string of the molecule is Nc1ccccc1Oc1ccc(SF)cc1SF. The van der Waals surface area contributed by atoms with Gasteiger partial charge < -0.3 is 10.5 Å². The van der Waals surface area contributed by atoms with Crippen LogP contribution in [0.15, 0.2) is 52.3 Å². The number of para-hydroxylation sites is 2. The summed E-state index contributed by atoms with van der Waals surface area (Å²) < 4.78 is 30.7. The molecule has 0 amide bonds. The number of rotatable bonds is 4. The fourth-order valence-electron chi connectivity index (χ4n) is 1.37. The summed E-state index contributed by atoms with van der Waals surface area (Å²) in [4.78, 5) is 0.532. The zero-order chi connectivity index (χ0) is 13.0. The van der Waals surface area contributed by atoms with Crippen molar-refractivity contribution in [2.75, 3.05) is 5.73 Å². The maximum atomic E-state index is 12.8. The van der Waals surface area contributed by atoms with Crippen LogP contribution in [-0.4, -0.2) is 0 Å². The summed E-state index contributed by atoms with van der Waals surface area (Å²) in [6.07, 6.45) is 0. The van der Waals surface area contributed by atoms with Gasteiger partial charge in [0.25, 0.3) is 0 Å². The molecule has 2 rings (SSSR count). The van der Waals surface area contributed by atoms with Gasteiger partial charge in [-0.15, -0.1) is 0 Å². The molecular weight excluding hydrogens is 276 g/mol. The Morgan fingerprint density at radius 1 is 0.944 bits per heavy atom. The van der Waals surface area contributed by atoms with Gasteiger partial charge in [-0.3, -0.25) is 0 Å². The molecule has 2 aromatic carbocycles. The number of benzene rings is 2. The van der Waals surface area contributed by atoms with E-state index in [4.69, 9.17) is 10.5 Å². The minimum Gasteiger partial charge on any atom is -0.454 e. The highest BCUT2D eigenvalue weighted by atomic mass is 32.2. The standard InChI is InChI=1S/C12H9F2NOS2/c13-17-8-5-6-11(12(7-8)18-14)16-10-4-2-1-3-9(10)15/h1-7H,15H2. The van der Waals surface area contributed by atoms with Crippen LogP contribution in [0.25, 0.3) is 0 Å². The van der Waals surface area contributed by atoms with Gasteiger partial charge in [-0.25, -0.2) is 0 Å². The summed E-state index contributed by atoms with van der Waals surface area (Å²) in [5.74, 6) is 0.742. The molecule has 0 saturated carbocycles. The lowest BCUT2D eigenvalue weighted by molar-refractivity contribution is 0.472. The van der Waals surface area contributed by atoms with E-state index in [0.717, 1.165) is 0 Å². The highest BCUT2D eigenvalue weighted by molar-refractivity contribution is 7.95. The van der Waals surface area contributed by atoms with Gasteiger partial charge in [0.1, 0.15) is 11.5 Å². The predicted octanol–water partition coefficient (Wildman–Crippen LogP) is 5.01. The normalized spacial score (nSPS) is 10.3. The van der Waals surface area contributed by atoms with E-state index in [1.165, 1.54) is 18.2 Å². The van der Waals surface area contributed by atoms with Crippen LogP contribution in [0.4, 0.5) is 13.5 Å². The number of nitrogens with two attached hydrogens (primary N) is 1. The number of hydrogen-bond donors (Lipinski definition) is 1. The topological polar surface area (TPSA) is 35.2 Å². The summed E-state index contributed by atoms with van der Waals surface area (Å²) in [5, 5.41) is 0. The van der Waals surface area contributed by atoms with E-state index in [-0.39, 0.29) is 29.2 Å². The number of ether oxygens (including phenoxy) is 1. The van der Waals surface area contributed by atoms with Crippen LogP contribution < -0.4 is 10.5 Å². The summed E-state index contributed by atoms with van der Waals surface area (Å²) in [7, 11) is 0. The second kappa shape index (κ2) is 5.97. The van der Waals surface area contributed by atoms with Gasteiger partial charge in [-0.1, -0.05) is 12.1 Å². The fraction of sp³-hybridized carbons (Fsp3) is 0. The van der Waals surface area contributed by atoms with E-state index in [2.05, 4.69) is 0 Å². The number of halogens is 2. The van der Waals surface area contributed by atoms with Crippen LogP contribution in [0.2, 0.25) is 0 Å². The molecule has 0 atom stereocenters. The van der Waals surface area contributed by atoms with Gasteiger partial charge >= 0.3 is 0 Å². The van der Waals surface area contributed by atoms with Crippen LogP contribution in [0.5, 0.6) is 11.5 Å². The van der Waals surface area contributed by atoms with Crippen LogP contribution in [0, 0.1) is 0 Å². The van der Waals surface area contributed by atoms with Crippen LogP contribution in [0.3, 0.4) is 0 Å². The van der Waals surface area contributed by atoms with Crippen molar-refractivity contribution in [3.8, 4) is 11.5 Å². The van der Waals surface area contributed by atoms with Gasteiger partial charge in [0.2, 0.25) is 0 Å². The smallest absolute Gasteiger partial charge is 0.150 e. The Hall–Kier alpha value is -1.40. The van der Waals surface area contributed by atoms with Gasteiger partial charge in [-0.05, 0) is 30.3 Å². The van der Waals surface area contributed by atoms with Crippen molar-refractivity contribution in [3.63, 3.8) is 0 Å². The molecule has 0 aliphatic carbocycles. The largest absolute Gasteiger partial charge is 0.454 e. The van der Waals surface area contributed by atoms with Crippen molar-refractivity contribution in [1.82, 2.24) is 0 Å². The third kappa shape index (κ3) is 2.88. The summed E-state index contributed by atoms with van der Waals surface area (Å²) in [6.45, 7) is 0. The molecule has 0 saturated heterocycles. The molecule has 0 spiro atoms. The van der Waals surface area contributed by atoms with E-state index in [0.29, 0.717) is 22.1 Å². The predicted molar refractivity (Wildman–Crippen MR) is 71.3 cm³/mol. The molecule has 2 aromatic rings. The van der Waals surface area contributed by atoms with E-state index >= 15 is 0 Å². The van der Waals surface area contributed by atoms with Crippen molar-refractivity contribution < 1.29 is 12.5 Å². The quantitative estimate of drug-likeness (QED) is 0.800. The minimum absolute atomic E-state index is 0.00425. The van der Waals surface area contributed by atoms with Gasteiger partial charge in [0, 0.05) is 4.90 Å². The average molecular weight is 285 g/mol. The number of nitrogen functional groups attached to an aromatic ring is 1. The number of hydrogen-bond acceptors (Lipinski definition) is 4. The molecule has 2 nitrogen and oxygen atoms in total. The van der Waals surface area contributed by atoms with E-state index < -0.39 is 0 Å². The molecule has 0 aromatic heterocycles. The first kappa shape index (κ1) is 13.0. The van der Waals surface area contributed by atoms with Gasteiger partial charge in [0.05, 0.1) is 34.9 Å². The van der Waals surface area contributed by atoms with E-state index in [9.17, 15) is 7.77 Å². The Labute approximate surface area is 112 Å². The summed E-state index contributed by atoms with van der Waals surface area (Å²) >= 11 is 0.0605. The van der Waals surface area contributed by atoms with Crippen molar-refractivity contribution in [2.45, 2.75) is 9.79 Å². The maximum Gasteiger partial charge on any atom is 0.150 e. The first-order valence-electron chi connectivity index (χ1n) is 4.98. The molecule has 94 valence electrons. The fourth-order valence-corrected chi connectivity index (χ4v) is 2.09. The maximum absolute atomic E-state index is 12.8. The van der Waals surface area contributed by atoms with Crippen molar-refractivity contribution in [3.05, 3.63) is 42.5 Å². The lowest BCUT2D eigenvalue weighted by Crippen LogP contribution is -1.92. The molecule has 0 fully saturated rings. The van der Waals surface area contributed by atoms with E-state index in [1.54, 1.807) is 24.3 Å². The van der Waals surface area contributed by atoms with Gasteiger partial charge in [0.15, 0.2) is 0 Å². The molecule has 2 N–H and O–H groups in total. The molecular formula is C12H9F2NOS2. The summed E-state index contributed by atoms with van der Waals surface area (Å²) in [5.41, 5.74) is 6.18. The third-order valence-electron chi connectivity index (χ3n) is 2.23. The Kier molecular flexibility index (Phi) is 4.33. The molecule has 0 aliphatic heterocycles. The Morgan fingerprint density at radius 3 is 2.39 bits per heavy atom. The second-order valence-electron chi connectivity index (χ2n) is 3.40. The molecule has 6 heteroatoms.